The fourth-order valence-electron chi connectivity index (χ4n) is 2.18. The lowest BCUT2D eigenvalue weighted by Crippen LogP contribution is -2.38. The molecule has 0 saturated carbocycles. The topological polar surface area (TPSA) is 75.4 Å². The summed E-state index contributed by atoms with van der Waals surface area (Å²) >= 11 is 1.53. The number of likely N-dealkylation sites (N-methyl/N-ethyl adjacent to an activating group) is 1. The van der Waals surface area contributed by atoms with Crippen molar-refractivity contribution in [3.05, 3.63) is 24.3 Å². The van der Waals surface area contributed by atoms with Gasteiger partial charge >= 0.3 is 0 Å². The second-order valence-corrected chi connectivity index (χ2v) is 8.14. The molecule has 0 aromatic heterocycles. The first-order valence-corrected chi connectivity index (χ1v) is 9.25. The van der Waals surface area contributed by atoms with Gasteiger partial charge in [-0.2, -0.15) is 0 Å². The van der Waals surface area contributed by atoms with Crippen LogP contribution in [0.5, 0.6) is 0 Å². The summed E-state index contributed by atoms with van der Waals surface area (Å²) in [5.41, 5.74) is 6.32. The standard InChI is InChI=1S/C13H21N3O2S2/c1-16-7-6-12(10-16)15-20(17,18)9-8-19-13-4-2-11(14)3-5-13/h2-5,12,15H,6-10,14H2,1H3. The summed E-state index contributed by atoms with van der Waals surface area (Å²) in [6.45, 7) is 1.75. The highest BCUT2D eigenvalue weighted by Crippen LogP contribution is 2.19. The quantitative estimate of drug-likeness (QED) is 0.605. The maximum absolute atomic E-state index is 12.0. The zero-order valence-corrected chi connectivity index (χ0v) is 13.2. The maximum atomic E-state index is 12.0. The number of hydrogen-bond donors (Lipinski definition) is 2. The van der Waals surface area contributed by atoms with E-state index in [1.807, 2.05) is 31.3 Å². The molecule has 0 spiro atoms. The van der Waals surface area contributed by atoms with Crippen LogP contribution in [-0.2, 0) is 10.0 Å². The zero-order chi connectivity index (χ0) is 14.6. The molecular formula is C13H21N3O2S2. The summed E-state index contributed by atoms with van der Waals surface area (Å²) in [7, 11) is -1.18. The first kappa shape index (κ1) is 15.6. The van der Waals surface area contributed by atoms with Crippen molar-refractivity contribution < 1.29 is 8.42 Å². The van der Waals surface area contributed by atoms with E-state index in [1.54, 1.807) is 0 Å². The lowest BCUT2D eigenvalue weighted by atomic mass is 10.3. The van der Waals surface area contributed by atoms with Gasteiger partial charge in [0.05, 0.1) is 5.75 Å². The third kappa shape index (κ3) is 4.97. The van der Waals surface area contributed by atoms with Crippen molar-refractivity contribution in [3.8, 4) is 0 Å². The van der Waals surface area contributed by atoms with Gasteiger partial charge in [-0.05, 0) is 44.3 Å². The van der Waals surface area contributed by atoms with Crippen LogP contribution in [0.15, 0.2) is 29.2 Å². The number of hydrogen-bond acceptors (Lipinski definition) is 5. The Balaban J connectivity index is 1.76. The van der Waals surface area contributed by atoms with Crippen LogP contribution in [0.3, 0.4) is 0 Å². The normalized spacial score (nSPS) is 20.4. The Hall–Kier alpha value is -0.760. The Kier molecular flexibility index (Phi) is 5.31. The number of nitrogens with one attached hydrogen (secondary N) is 1. The van der Waals surface area contributed by atoms with Gasteiger partial charge in [-0.25, -0.2) is 13.1 Å². The Morgan fingerprint density at radius 2 is 2.10 bits per heavy atom. The lowest BCUT2D eigenvalue weighted by Gasteiger charge is -2.13. The van der Waals surface area contributed by atoms with Crippen LogP contribution in [0.4, 0.5) is 5.69 Å². The Labute approximate surface area is 125 Å². The largest absolute Gasteiger partial charge is 0.399 e. The highest BCUT2D eigenvalue weighted by Gasteiger charge is 2.23. The molecule has 0 radical (unpaired) electrons. The average Bonchev–Trinajstić information content (AvgIpc) is 2.76. The number of likely N-dealkylation sites (tertiary alicyclic amines) is 1. The molecule has 5 nitrogen and oxygen atoms in total. The van der Waals surface area contributed by atoms with Crippen molar-refractivity contribution in [2.45, 2.75) is 17.4 Å². The molecule has 1 aromatic rings. The maximum Gasteiger partial charge on any atom is 0.212 e. The van der Waals surface area contributed by atoms with Gasteiger partial charge in [0.1, 0.15) is 0 Å². The molecule has 7 heteroatoms. The molecule has 1 unspecified atom stereocenters. The van der Waals surface area contributed by atoms with E-state index in [9.17, 15) is 8.42 Å². The second kappa shape index (κ2) is 6.80. The number of nitrogen functional groups attached to an aromatic ring is 1. The van der Waals surface area contributed by atoms with Gasteiger partial charge in [-0.15, -0.1) is 11.8 Å². The van der Waals surface area contributed by atoms with Gasteiger partial charge in [0.25, 0.3) is 0 Å². The monoisotopic (exact) mass is 315 g/mol. The first-order chi connectivity index (χ1) is 9.44. The van der Waals surface area contributed by atoms with Crippen LogP contribution in [0.25, 0.3) is 0 Å². The fraction of sp³-hybridized carbons (Fsp3) is 0.538. The van der Waals surface area contributed by atoms with Crippen LogP contribution in [0.1, 0.15) is 6.42 Å². The smallest absolute Gasteiger partial charge is 0.212 e. The average molecular weight is 315 g/mol. The van der Waals surface area contributed by atoms with Crippen molar-refractivity contribution in [2.75, 3.05) is 37.4 Å². The van der Waals surface area contributed by atoms with Crippen LogP contribution in [-0.4, -0.2) is 51.0 Å². The summed E-state index contributed by atoms with van der Waals surface area (Å²) in [4.78, 5) is 3.17. The van der Waals surface area contributed by atoms with Crippen LogP contribution in [0.2, 0.25) is 0 Å². The van der Waals surface area contributed by atoms with Crippen LogP contribution >= 0.6 is 11.8 Å². The van der Waals surface area contributed by atoms with E-state index in [-0.39, 0.29) is 11.8 Å². The molecule has 3 N–H and O–H groups in total. The minimum absolute atomic E-state index is 0.0616. The Bertz CT molecular complexity index is 531. The van der Waals surface area contributed by atoms with Crippen molar-refractivity contribution in [2.24, 2.45) is 0 Å². The number of anilines is 1. The van der Waals surface area contributed by atoms with Gasteiger partial charge in [0.2, 0.25) is 10.0 Å². The molecule has 1 atom stereocenters. The molecule has 1 fully saturated rings. The van der Waals surface area contributed by atoms with Crippen molar-refractivity contribution in [1.82, 2.24) is 9.62 Å². The minimum Gasteiger partial charge on any atom is -0.399 e. The summed E-state index contributed by atoms with van der Waals surface area (Å²) < 4.78 is 26.7. The molecule has 0 aliphatic carbocycles. The third-order valence-corrected chi connectivity index (χ3v) is 5.94. The predicted molar refractivity (Wildman–Crippen MR) is 84.4 cm³/mol. The van der Waals surface area contributed by atoms with E-state index >= 15 is 0 Å². The number of nitrogens with zero attached hydrogens (tertiary/aromatic N) is 1. The molecule has 0 bridgehead atoms. The second-order valence-electron chi connectivity index (χ2n) is 5.10. The van der Waals surface area contributed by atoms with E-state index in [2.05, 4.69) is 9.62 Å². The number of nitrogens with two attached hydrogens (primary N) is 1. The van der Waals surface area contributed by atoms with E-state index in [1.165, 1.54) is 11.8 Å². The summed E-state index contributed by atoms with van der Waals surface area (Å²) in [6.07, 6.45) is 0.890. The van der Waals surface area contributed by atoms with Gasteiger partial charge in [0.15, 0.2) is 0 Å². The third-order valence-electron chi connectivity index (χ3n) is 3.24. The lowest BCUT2D eigenvalue weighted by molar-refractivity contribution is 0.407. The van der Waals surface area contributed by atoms with Crippen molar-refractivity contribution in [1.29, 1.82) is 0 Å². The van der Waals surface area contributed by atoms with E-state index in [4.69, 9.17) is 5.73 Å². The van der Waals surface area contributed by atoms with Gasteiger partial charge in [-0.3, -0.25) is 0 Å². The van der Waals surface area contributed by atoms with Crippen LogP contribution < -0.4 is 10.5 Å². The van der Waals surface area contributed by atoms with Crippen LogP contribution in [0, 0.1) is 0 Å². The van der Waals surface area contributed by atoms with E-state index in [0.29, 0.717) is 11.4 Å². The number of rotatable bonds is 6. The predicted octanol–water partition coefficient (Wildman–Crippen LogP) is 0.984. The van der Waals surface area contributed by atoms with Crippen molar-refractivity contribution in [3.63, 3.8) is 0 Å². The number of thioether (sulfide) groups is 1. The molecule has 20 heavy (non-hydrogen) atoms. The van der Waals surface area contributed by atoms with Gasteiger partial charge in [-0.1, -0.05) is 0 Å². The molecule has 1 aliphatic rings. The Morgan fingerprint density at radius 1 is 1.40 bits per heavy atom. The highest BCUT2D eigenvalue weighted by atomic mass is 32.2. The van der Waals surface area contributed by atoms with E-state index < -0.39 is 10.0 Å². The molecule has 0 amide bonds. The summed E-state index contributed by atoms with van der Waals surface area (Å²) in [6, 6.07) is 7.52. The first-order valence-electron chi connectivity index (χ1n) is 6.61. The minimum atomic E-state index is -3.19. The fourth-order valence-corrected chi connectivity index (χ4v) is 4.77. The molecular weight excluding hydrogens is 294 g/mol. The Morgan fingerprint density at radius 3 is 2.70 bits per heavy atom. The SMILES string of the molecule is CN1CCC(NS(=O)(=O)CCSc2ccc(N)cc2)C1. The molecule has 1 saturated heterocycles. The molecule has 1 heterocycles. The molecule has 2 rings (SSSR count). The molecule has 112 valence electrons. The van der Waals surface area contributed by atoms with E-state index in [0.717, 1.165) is 24.4 Å². The van der Waals surface area contributed by atoms with Gasteiger partial charge in [0, 0.05) is 28.9 Å². The highest BCUT2D eigenvalue weighted by molar-refractivity contribution is 8.00. The van der Waals surface area contributed by atoms with Crippen molar-refractivity contribution >= 4 is 27.5 Å². The zero-order valence-electron chi connectivity index (χ0n) is 11.6. The number of sulfonamides is 1. The molecule has 1 aromatic carbocycles. The number of benzene rings is 1. The molecule has 1 aliphatic heterocycles. The van der Waals surface area contributed by atoms with Gasteiger partial charge < -0.3 is 10.6 Å². The summed E-state index contributed by atoms with van der Waals surface area (Å²) in [5.74, 6) is 0.685. The summed E-state index contributed by atoms with van der Waals surface area (Å²) in [5, 5.41) is 0.